The highest BCUT2D eigenvalue weighted by molar-refractivity contribution is 9.09. The van der Waals surface area contributed by atoms with Gasteiger partial charge in [-0.1, -0.05) is 41.8 Å². The van der Waals surface area contributed by atoms with E-state index in [2.05, 4.69) is 27.8 Å². The largest absolute Gasteiger partial charge is 0.466 e. The molecule has 154 valence electrons. The molecule has 1 unspecified atom stereocenters. The number of nitrogens with zero attached hydrogens (tertiary/aromatic N) is 2. The number of amidine groups is 1. The van der Waals surface area contributed by atoms with Crippen LogP contribution in [0.1, 0.15) is 44.7 Å². The third-order valence-corrected chi connectivity index (χ3v) is 5.47. The summed E-state index contributed by atoms with van der Waals surface area (Å²) in [6, 6.07) is 2.95. The summed E-state index contributed by atoms with van der Waals surface area (Å²) >= 11 is 3.69. The van der Waals surface area contributed by atoms with Crippen molar-refractivity contribution < 1.29 is 23.0 Å². The zero-order chi connectivity index (χ0) is 20.8. The molecule has 1 aromatic carbocycles. The summed E-state index contributed by atoms with van der Waals surface area (Å²) in [5.74, 6) is -1.89. The van der Waals surface area contributed by atoms with Gasteiger partial charge in [-0.2, -0.15) is 0 Å². The number of carbonyl (C=O) groups is 1. The molecule has 8 heteroatoms. The zero-order valence-corrected chi connectivity index (χ0v) is 18.1. The number of hydrogen-bond acceptors (Lipinski definition) is 5. The minimum atomic E-state index is -0.977. The molecule has 0 aromatic heterocycles. The molecule has 1 aliphatic heterocycles. The van der Waals surface area contributed by atoms with Crippen LogP contribution in [0.5, 0.6) is 0 Å². The summed E-state index contributed by atoms with van der Waals surface area (Å²) < 4.78 is 37.8. The van der Waals surface area contributed by atoms with Gasteiger partial charge in [0.1, 0.15) is 12.4 Å². The van der Waals surface area contributed by atoms with Crippen LogP contribution in [-0.4, -0.2) is 42.5 Å². The molecule has 0 bridgehead atoms. The van der Waals surface area contributed by atoms with Crippen molar-refractivity contribution in [2.24, 2.45) is 4.99 Å². The SMILES string of the molecule is CCCC[C@H](Br)N1C(COC)=NC(C)=C(C(=O)OC)C1c1ccc(F)c(F)c1. The lowest BCUT2D eigenvalue weighted by Gasteiger charge is -2.41. The number of carbonyl (C=O) groups excluding carboxylic acids is 1. The number of methoxy groups -OCH3 is 2. The lowest BCUT2D eigenvalue weighted by molar-refractivity contribution is -0.137. The average molecular weight is 459 g/mol. The van der Waals surface area contributed by atoms with Gasteiger partial charge in [0.2, 0.25) is 0 Å². The second-order valence-electron chi connectivity index (χ2n) is 6.51. The highest BCUT2D eigenvalue weighted by Gasteiger charge is 2.39. The van der Waals surface area contributed by atoms with Crippen LogP contribution in [0.4, 0.5) is 8.78 Å². The quantitative estimate of drug-likeness (QED) is 0.321. The van der Waals surface area contributed by atoms with E-state index in [4.69, 9.17) is 9.47 Å². The highest BCUT2D eigenvalue weighted by atomic mass is 79.9. The molecule has 0 fully saturated rings. The summed E-state index contributed by atoms with van der Waals surface area (Å²) in [6.07, 6.45) is 2.70. The van der Waals surface area contributed by atoms with Crippen LogP contribution in [0.2, 0.25) is 0 Å². The molecule has 1 heterocycles. The first-order valence-corrected chi connectivity index (χ1v) is 10.00. The van der Waals surface area contributed by atoms with Gasteiger partial charge in [-0.3, -0.25) is 0 Å². The normalized spacial score (nSPS) is 18.2. The molecule has 28 heavy (non-hydrogen) atoms. The van der Waals surface area contributed by atoms with Gasteiger partial charge >= 0.3 is 5.97 Å². The van der Waals surface area contributed by atoms with Crippen LogP contribution >= 0.6 is 15.9 Å². The molecule has 2 atom stereocenters. The summed E-state index contributed by atoms with van der Waals surface area (Å²) in [5.41, 5.74) is 1.18. The van der Waals surface area contributed by atoms with Crippen molar-refractivity contribution in [3.05, 3.63) is 46.7 Å². The fourth-order valence-corrected chi connectivity index (χ4v) is 4.04. The van der Waals surface area contributed by atoms with E-state index in [1.54, 1.807) is 14.0 Å². The number of hydrogen-bond donors (Lipinski definition) is 0. The third-order valence-electron chi connectivity index (χ3n) is 4.57. The van der Waals surface area contributed by atoms with Crippen LogP contribution in [0.3, 0.4) is 0 Å². The maximum absolute atomic E-state index is 14.0. The van der Waals surface area contributed by atoms with E-state index in [0.717, 1.165) is 31.4 Å². The predicted octanol–water partition coefficient (Wildman–Crippen LogP) is 4.72. The monoisotopic (exact) mass is 458 g/mol. The van der Waals surface area contributed by atoms with Gasteiger partial charge in [0.05, 0.1) is 29.4 Å². The molecule has 0 radical (unpaired) electrons. The number of aliphatic imine (C=N–C) groups is 1. The Labute approximate surface area is 172 Å². The molecule has 0 amide bonds. The minimum Gasteiger partial charge on any atom is -0.466 e. The van der Waals surface area contributed by atoms with E-state index < -0.39 is 23.6 Å². The van der Waals surface area contributed by atoms with Gasteiger partial charge in [0.15, 0.2) is 11.6 Å². The number of allylic oxidation sites excluding steroid dienone is 1. The van der Waals surface area contributed by atoms with Crippen LogP contribution in [0.25, 0.3) is 0 Å². The molecule has 5 nitrogen and oxygen atoms in total. The Morgan fingerprint density at radius 2 is 2.04 bits per heavy atom. The number of ether oxygens (including phenoxy) is 2. The van der Waals surface area contributed by atoms with Gasteiger partial charge < -0.3 is 14.4 Å². The Balaban J connectivity index is 2.65. The van der Waals surface area contributed by atoms with Gasteiger partial charge in [0.25, 0.3) is 0 Å². The van der Waals surface area contributed by atoms with Crippen molar-refractivity contribution in [2.45, 2.75) is 44.1 Å². The first-order valence-electron chi connectivity index (χ1n) is 9.08. The van der Waals surface area contributed by atoms with E-state index >= 15 is 0 Å². The number of alkyl halides is 1. The molecular formula is C20H25BrF2N2O3. The number of esters is 1. The van der Waals surface area contributed by atoms with Gasteiger partial charge in [-0.15, -0.1) is 0 Å². The lowest BCUT2D eigenvalue weighted by Crippen LogP contribution is -2.46. The maximum Gasteiger partial charge on any atom is 0.338 e. The van der Waals surface area contributed by atoms with Crippen molar-refractivity contribution in [3.8, 4) is 0 Å². The fourth-order valence-electron chi connectivity index (χ4n) is 3.25. The van der Waals surface area contributed by atoms with Crippen LogP contribution in [0.15, 0.2) is 34.5 Å². The third kappa shape index (κ3) is 4.78. The molecule has 0 aliphatic carbocycles. The number of unbranched alkanes of at least 4 members (excludes halogenated alkanes) is 1. The Bertz CT molecular complexity index is 783. The van der Waals surface area contributed by atoms with Crippen LogP contribution in [0, 0.1) is 11.6 Å². The minimum absolute atomic E-state index is 0.188. The molecule has 1 aliphatic rings. The Kier molecular flexibility index (Phi) is 8.12. The maximum atomic E-state index is 14.0. The Hall–Kier alpha value is -1.80. The first kappa shape index (κ1) is 22.5. The van der Waals surface area contributed by atoms with E-state index in [1.165, 1.54) is 13.2 Å². The highest BCUT2D eigenvalue weighted by Crippen LogP contribution is 2.39. The predicted molar refractivity (Wildman–Crippen MR) is 107 cm³/mol. The molecule has 0 saturated heterocycles. The van der Waals surface area contributed by atoms with Crippen molar-refractivity contribution in [3.63, 3.8) is 0 Å². The number of rotatable bonds is 8. The topological polar surface area (TPSA) is 51.1 Å². The first-order chi connectivity index (χ1) is 13.3. The van der Waals surface area contributed by atoms with Crippen molar-refractivity contribution in [1.82, 2.24) is 4.90 Å². The van der Waals surface area contributed by atoms with Crippen LogP contribution in [-0.2, 0) is 14.3 Å². The molecule has 2 rings (SSSR count). The second kappa shape index (κ2) is 10.1. The average Bonchev–Trinajstić information content (AvgIpc) is 2.67. The van der Waals surface area contributed by atoms with E-state index in [-0.39, 0.29) is 17.1 Å². The van der Waals surface area contributed by atoms with Gasteiger partial charge in [0, 0.05) is 7.11 Å². The van der Waals surface area contributed by atoms with E-state index in [9.17, 15) is 13.6 Å². The van der Waals surface area contributed by atoms with Gasteiger partial charge in [-0.05, 0) is 31.0 Å². The van der Waals surface area contributed by atoms with Crippen molar-refractivity contribution >= 4 is 27.7 Å². The summed E-state index contributed by atoms with van der Waals surface area (Å²) in [5, 5.41) is 0. The number of halogens is 3. The van der Waals surface area contributed by atoms with E-state index in [1.807, 2.05) is 4.90 Å². The van der Waals surface area contributed by atoms with Gasteiger partial charge in [-0.25, -0.2) is 18.6 Å². The fraction of sp³-hybridized carbons (Fsp3) is 0.500. The molecule has 0 N–H and O–H groups in total. The summed E-state index contributed by atoms with van der Waals surface area (Å²) in [7, 11) is 2.84. The Morgan fingerprint density at radius 3 is 2.61 bits per heavy atom. The zero-order valence-electron chi connectivity index (χ0n) is 16.5. The summed E-state index contributed by atoms with van der Waals surface area (Å²) in [4.78, 5) is 18.8. The van der Waals surface area contributed by atoms with Crippen molar-refractivity contribution in [1.29, 1.82) is 0 Å². The second-order valence-corrected chi connectivity index (χ2v) is 7.57. The van der Waals surface area contributed by atoms with Crippen molar-refractivity contribution in [2.75, 3.05) is 20.8 Å². The molecule has 1 aromatic rings. The van der Waals surface area contributed by atoms with E-state index in [0.29, 0.717) is 17.1 Å². The molecule has 0 saturated carbocycles. The molecule has 0 spiro atoms. The smallest absolute Gasteiger partial charge is 0.338 e. The van der Waals surface area contributed by atoms with Crippen LogP contribution < -0.4 is 0 Å². The number of benzene rings is 1. The molecular weight excluding hydrogens is 434 g/mol. The summed E-state index contributed by atoms with van der Waals surface area (Å²) in [6.45, 7) is 3.98. The standard InChI is InChI=1S/C20H25BrF2N2O3/c1-5-6-7-16(21)25-17(11-27-3)24-12(2)18(20(26)28-4)19(25)13-8-9-14(22)15(23)10-13/h8-10,16,19H,5-7,11H2,1-4H3/t16-,19?/m1/s1. The lowest BCUT2D eigenvalue weighted by atomic mass is 9.93. The Morgan fingerprint density at radius 1 is 1.32 bits per heavy atom.